The normalized spacial score (nSPS) is 12.0. The number of aromatic nitrogens is 2. The minimum Gasteiger partial charge on any atom is -0.495 e. The SMILES string of the molecule is COc1cc(Cl)c(C)cc1NC(=O)C(N)c1cnn(C)c1. The third kappa shape index (κ3) is 3.34. The van der Waals surface area contributed by atoms with Gasteiger partial charge in [-0.25, -0.2) is 0 Å². The Morgan fingerprint density at radius 1 is 1.52 bits per heavy atom. The summed E-state index contributed by atoms with van der Waals surface area (Å²) in [6.45, 7) is 1.85. The standard InChI is InChI=1S/C14H17ClN4O2/c1-8-4-11(12(21-3)5-10(8)15)18-14(20)13(16)9-6-17-19(2)7-9/h4-7,13H,16H2,1-3H3,(H,18,20). The van der Waals surface area contributed by atoms with Crippen LogP contribution in [-0.2, 0) is 11.8 Å². The van der Waals surface area contributed by atoms with Gasteiger partial charge in [-0.05, 0) is 18.6 Å². The monoisotopic (exact) mass is 308 g/mol. The molecule has 1 heterocycles. The van der Waals surface area contributed by atoms with Crippen LogP contribution < -0.4 is 15.8 Å². The van der Waals surface area contributed by atoms with E-state index >= 15 is 0 Å². The molecule has 0 aliphatic rings. The zero-order valence-electron chi connectivity index (χ0n) is 12.1. The molecule has 1 atom stereocenters. The topological polar surface area (TPSA) is 82.2 Å². The van der Waals surface area contributed by atoms with E-state index in [1.165, 1.54) is 7.11 Å². The number of hydrogen-bond acceptors (Lipinski definition) is 4. The number of ether oxygens (including phenoxy) is 1. The molecule has 2 rings (SSSR count). The van der Waals surface area contributed by atoms with Crippen molar-refractivity contribution in [3.05, 3.63) is 40.7 Å². The Labute approximate surface area is 127 Å². The summed E-state index contributed by atoms with van der Waals surface area (Å²) >= 11 is 6.03. The van der Waals surface area contributed by atoms with Crippen molar-refractivity contribution in [2.24, 2.45) is 12.8 Å². The molecule has 6 nitrogen and oxygen atoms in total. The average Bonchev–Trinajstić information content (AvgIpc) is 2.88. The van der Waals surface area contributed by atoms with Crippen LogP contribution in [0.25, 0.3) is 0 Å². The van der Waals surface area contributed by atoms with Crippen LogP contribution in [0, 0.1) is 6.92 Å². The van der Waals surface area contributed by atoms with E-state index in [1.54, 1.807) is 36.3 Å². The van der Waals surface area contributed by atoms with Gasteiger partial charge in [-0.15, -0.1) is 0 Å². The number of nitrogens with two attached hydrogens (primary N) is 1. The molecule has 0 saturated heterocycles. The first kappa shape index (κ1) is 15.3. The summed E-state index contributed by atoms with van der Waals surface area (Å²) < 4.78 is 6.81. The van der Waals surface area contributed by atoms with E-state index in [0.717, 1.165) is 5.56 Å². The van der Waals surface area contributed by atoms with Gasteiger partial charge in [-0.2, -0.15) is 5.10 Å². The van der Waals surface area contributed by atoms with E-state index in [1.807, 2.05) is 6.92 Å². The zero-order chi connectivity index (χ0) is 15.6. The Hall–Kier alpha value is -2.05. The number of hydrogen-bond donors (Lipinski definition) is 2. The molecule has 1 amide bonds. The van der Waals surface area contributed by atoms with Gasteiger partial charge >= 0.3 is 0 Å². The van der Waals surface area contributed by atoms with Crippen LogP contribution in [0.3, 0.4) is 0 Å². The van der Waals surface area contributed by atoms with Crippen molar-refractivity contribution in [1.82, 2.24) is 9.78 Å². The number of nitrogens with zero attached hydrogens (tertiary/aromatic N) is 2. The molecule has 0 bridgehead atoms. The molecular weight excluding hydrogens is 292 g/mol. The van der Waals surface area contributed by atoms with Gasteiger partial charge in [0.05, 0.1) is 19.0 Å². The van der Waals surface area contributed by atoms with Gasteiger partial charge in [0.1, 0.15) is 11.8 Å². The number of anilines is 1. The van der Waals surface area contributed by atoms with E-state index in [4.69, 9.17) is 22.1 Å². The summed E-state index contributed by atoms with van der Waals surface area (Å²) in [5.74, 6) is 0.139. The summed E-state index contributed by atoms with van der Waals surface area (Å²) in [4.78, 5) is 12.2. The Bertz CT molecular complexity index is 669. The van der Waals surface area contributed by atoms with Crippen LogP contribution in [0.15, 0.2) is 24.5 Å². The van der Waals surface area contributed by atoms with Crippen molar-refractivity contribution in [3.63, 3.8) is 0 Å². The van der Waals surface area contributed by atoms with Crippen molar-refractivity contribution < 1.29 is 9.53 Å². The fourth-order valence-corrected chi connectivity index (χ4v) is 2.05. The number of rotatable bonds is 4. The zero-order valence-corrected chi connectivity index (χ0v) is 12.8. The van der Waals surface area contributed by atoms with Crippen LogP contribution >= 0.6 is 11.6 Å². The number of halogens is 1. The summed E-state index contributed by atoms with van der Waals surface area (Å²) in [7, 11) is 3.28. The molecule has 0 aliphatic carbocycles. The van der Waals surface area contributed by atoms with E-state index in [9.17, 15) is 4.79 Å². The van der Waals surface area contributed by atoms with E-state index in [-0.39, 0.29) is 5.91 Å². The van der Waals surface area contributed by atoms with Gasteiger partial charge < -0.3 is 15.8 Å². The third-order valence-corrected chi connectivity index (χ3v) is 3.51. The van der Waals surface area contributed by atoms with Gasteiger partial charge in [0.2, 0.25) is 5.91 Å². The second-order valence-electron chi connectivity index (χ2n) is 4.72. The molecular formula is C14H17ClN4O2. The fraction of sp³-hybridized carbons (Fsp3) is 0.286. The van der Waals surface area contributed by atoms with Gasteiger partial charge in [0.15, 0.2) is 0 Å². The predicted octanol–water partition coefficient (Wildman–Crippen LogP) is 2.03. The first-order valence-corrected chi connectivity index (χ1v) is 6.69. The highest BCUT2D eigenvalue weighted by Crippen LogP contribution is 2.31. The molecule has 2 aromatic rings. The molecule has 3 N–H and O–H groups in total. The lowest BCUT2D eigenvalue weighted by atomic mass is 10.1. The maximum absolute atomic E-state index is 12.2. The minimum absolute atomic E-state index is 0.344. The number of nitrogens with one attached hydrogen (secondary N) is 1. The minimum atomic E-state index is -0.806. The molecule has 21 heavy (non-hydrogen) atoms. The maximum Gasteiger partial charge on any atom is 0.246 e. The lowest BCUT2D eigenvalue weighted by Gasteiger charge is -2.14. The first-order valence-electron chi connectivity index (χ1n) is 6.31. The van der Waals surface area contributed by atoms with Crippen LogP contribution in [-0.4, -0.2) is 22.8 Å². The Morgan fingerprint density at radius 3 is 2.81 bits per heavy atom. The average molecular weight is 309 g/mol. The Balaban J connectivity index is 2.21. The van der Waals surface area contributed by atoms with E-state index in [0.29, 0.717) is 22.0 Å². The van der Waals surface area contributed by atoms with Crippen LogP contribution in [0.2, 0.25) is 5.02 Å². The number of benzene rings is 1. The second kappa shape index (κ2) is 6.15. The number of amides is 1. The lowest BCUT2D eigenvalue weighted by Crippen LogP contribution is -2.27. The maximum atomic E-state index is 12.2. The highest BCUT2D eigenvalue weighted by molar-refractivity contribution is 6.31. The number of aryl methyl sites for hydroxylation is 2. The van der Waals surface area contributed by atoms with E-state index in [2.05, 4.69) is 10.4 Å². The predicted molar refractivity (Wildman–Crippen MR) is 81.5 cm³/mol. The molecule has 0 fully saturated rings. The summed E-state index contributed by atoms with van der Waals surface area (Å²) in [5.41, 5.74) is 7.93. The molecule has 1 aromatic carbocycles. The molecule has 112 valence electrons. The van der Waals surface area contributed by atoms with Gasteiger partial charge in [0, 0.05) is 29.9 Å². The number of carbonyl (C=O) groups is 1. The van der Waals surface area contributed by atoms with Crippen molar-refractivity contribution in [2.75, 3.05) is 12.4 Å². The first-order chi connectivity index (χ1) is 9.92. The molecule has 1 unspecified atom stereocenters. The quantitative estimate of drug-likeness (QED) is 0.905. The summed E-state index contributed by atoms with van der Waals surface area (Å²) in [5, 5.41) is 7.32. The highest BCUT2D eigenvalue weighted by atomic mass is 35.5. The smallest absolute Gasteiger partial charge is 0.246 e. The molecule has 1 aromatic heterocycles. The molecule has 0 saturated carbocycles. The van der Waals surface area contributed by atoms with Gasteiger partial charge in [-0.1, -0.05) is 11.6 Å². The van der Waals surface area contributed by atoms with Crippen molar-refractivity contribution >= 4 is 23.2 Å². The largest absolute Gasteiger partial charge is 0.495 e. The third-order valence-electron chi connectivity index (χ3n) is 3.11. The van der Waals surface area contributed by atoms with Crippen molar-refractivity contribution in [2.45, 2.75) is 13.0 Å². The fourth-order valence-electron chi connectivity index (χ4n) is 1.89. The Morgan fingerprint density at radius 2 is 2.24 bits per heavy atom. The van der Waals surface area contributed by atoms with Gasteiger partial charge in [-0.3, -0.25) is 9.48 Å². The van der Waals surface area contributed by atoms with Crippen molar-refractivity contribution in [1.29, 1.82) is 0 Å². The number of methoxy groups -OCH3 is 1. The summed E-state index contributed by atoms with van der Waals surface area (Å²) in [6, 6.07) is 2.59. The molecule has 0 radical (unpaired) electrons. The second-order valence-corrected chi connectivity index (χ2v) is 5.12. The number of carbonyl (C=O) groups excluding carboxylic acids is 1. The Kier molecular flexibility index (Phi) is 4.50. The molecule has 0 spiro atoms. The van der Waals surface area contributed by atoms with E-state index < -0.39 is 6.04 Å². The molecule has 7 heteroatoms. The summed E-state index contributed by atoms with van der Waals surface area (Å²) in [6.07, 6.45) is 3.27. The highest BCUT2D eigenvalue weighted by Gasteiger charge is 2.19. The lowest BCUT2D eigenvalue weighted by molar-refractivity contribution is -0.117. The van der Waals surface area contributed by atoms with Crippen LogP contribution in [0.5, 0.6) is 5.75 Å². The van der Waals surface area contributed by atoms with Crippen molar-refractivity contribution in [3.8, 4) is 5.75 Å². The van der Waals surface area contributed by atoms with Gasteiger partial charge in [0.25, 0.3) is 0 Å². The van der Waals surface area contributed by atoms with Crippen LogP contribution in [0.4, 0.5) is 5.69 Å². The van der Waals surface area contributed by atoms with Crippen LogP contribution in [0.1, 0.15) is 17.2 Å². The molecule has 0 aliphatic heterocycles.